The zero-order chi connectivity index (χ0) is 8.60. The Kier molecular flexibility index (Phi) is 2.12. The van der Waals surface area contributed by atoms with Crippen LogP contribution in [0.5, 0.6) is 0 Å². The fourth-order valence-corrected chi connectivity index (χ4v) is 2.05. The molecule has 1 N–H and O–H groups in total. The first-order valence-corrected chi connectivity index (χ1v) is 5.22. The van der Waals surface area contributed by atoms with E-state index in [2.05, 4.69) is 46.9 Å². The molecule has 1 aromatic rings. The number of benzene rings is 1. The van der Waals surface area contributed by atoms with Crippen molar-refractivity contribution in [1.29, 1.82) is 0 Å². The lowest BCUT2D eigenvalue weighted by Crippen LogP contribution is -2.11. The van der Waals surface area contributed by atoms with Crippen molar-refractivity contribution in [2.24, 2.45) is 0 Å². The molecule has 0 aromatic heterocycles. The van der Waals surface area contributed by atoms with Crippen LogP contribution in [0.15, 0.2) is 24.3 Å². The highest BCUT2D eigenvalue weighted by molar-refractivity contribution is 14.1. The molecule has 0 saturated heterocycles. The Bertz CT molecular complexity index is 292. The molecule has 1 saturated carbocycles. The van der Waals surface area contributed by atoms with Crippen LogP contribution in [0.2, 0.25) is 0 Å². The molecular formula is C10H11IO. The standard InChI is InChI=1S/C10H11IO/c11-9-3-1-2-8(6-9)10(7-12)4-5-10/h1-3,6,12H,4-5,7H2. The molecule has 1 fully saturated rings. The molecule has 2 rings (SSSR count). The Morgan fingerprint density at radius 1 is 1.42 bits per heavy atom. The number of aliphatic hydroxyl groups excluding tert-OH is 1. The Morgan fingerprint density at radius 2 is 2.17 bits per heavy atom. The van der Waals surface area contributed by atoms with Gasteiger partial charge in [-0.25, -0.2) is 0 Å². The highest BCUT2D eigenvalue weighted by Gasteiger charge is 2.43. The third-order valence-corrected chi connectivity index (χ3v) is 3.26. The zero-order valence-corrected chi connectivity index (χ0v) is 8.91. The molecule has 64 valence electrons. The number of hydrogen-bond donors (Lipinski definition) is 1. The first kappa shape index (κ1) is 8.51. The number of hydrogen-bond acceptors (Lipinski definition) is 1. The second-order valence-corrected chi connectivity index (χ2v) is 4.69. The third kappa shape index (κ3) is 1.38. The molecule has 0 amide bonds. The van der Waals surface area contributed by atoms with Crippen LogP contribution in [-0.2, 0) is 5.41 Å². The topological polar surface area (TPSA) is 20.2 Å². The van der Waals surface area contributed by atoms with Crippen molar-refractivity contribution >= 4 is 22.6 Å². The smallest absolute Gasteiger partial charge is 0.0527 e. The third-order valence-electron chi connectivity index (χ3n) is 2.59. The van der Waals surface area contributed by atoms with Crippen LogP contribution < -0.4 is 0 Å². The van der Waals surface area contributed by atoms with Crippen molar-refractivity contribution in [3.8, 4) is 0 Å². The van der Waals surface area contributed by atoms with Crippen LogP contribution in [-0.4, -0.2) is 11.7 Å². The van der Waals surface area contributed by atoms with E-state index in [0.717, 1.165) is 12.8 Å². The van der Waals surface area contributed by atoms with Crippen LogP contribution >= 0.6 is 22.6 Å². The quantitative estimate of drug-likeness (QED) is 0.820. The average molecular weight is 274 g/mol. The van der Waals surface area contributed by atoms with Gasteiger partial charge < -0.3 is 5.11 Å². The second-order valence-electron chi connectivity index (χ2n) is 3.45. The number of rotatable bonds is 2. The van der Waals surface area contributed by atoms with Crippen molar-refractivity contribution in [3.05, 3.63) is 33.4 Å². The van der Waals surface area contributed by atoms with Gasteiger partial charge in [0.25, 0.3) is 0 Å². The molecule has 12 heavy (non-hydrogen) atoms. The van der Waals surface area contributed by atoms with E-state index in [1.54, 1.807) is 0 Å². The minimum atomic E-state index is 0.126. The van der Waals surface area contributed by atoms with Gasteiger partial charge in [0.1, 0.15) is 0 Å². The molecule has 2 heteroatoms. The second kappa shape index (κ2) is 3.00. The van der Waals surface area contributed by atoms with E-state index in [1.165, 1.54) is 9.13 Å². The van der Waals surface area contributed by atoms with Gasteiger partial charge in [0.05, 0.1) is 6.61 Å². The normalized spacial score (nSPS) is 19.2. The van der Waals surface area contributed by atoms with E-state index >= 15 is 0 Å². The van der Waals surface area contributed by atoms with Gasteiger partial charge in [-0.15, -0.1) is 0 Å². The van der Waals surface area contributed by atoms with Gasteiger partial charge in [-0.1, -0.05) is 12.1 Å². The lowest BCUT2D eigenvalue weighted by Gasteiger charge is -2.11. The molecule has 1 nitrogen and oxygen atoms in total. The van der Waals surface area contributed by atoms with Crippen LogP contribution in [0, 0.1) is 3.57 Å². The zero-order valence-electron chi connectivity index (χ0n) is 6.76. The predicted octanol–water partition coefficient (Wildman–Crippen LogP) is 2.32. The Labute approximate surface area is 85.9 Å². The maximum Gasteiger partial charge on any atom is 0.0527 e. The molecule has 0 atom stereocenters. The van der Waals surface area contributed by atoms with Gasteiger partial charge in [-0.2, -0.15) is 0 Å². The molecule has 0 unspecified atom stereocenters. The number of halogens is 1. The fourth-order valence-electron chi connectivity index (χ4n) is 1.51. The van der Waals surface area contributed by atoms with E-state index in [-0.39, 0.29) is 5.41 Å². The maximum absolute atomic E-state index is 9.20. The van der Waals surface area contributed by atoms with E-state index in [0.29, 0.717) is 6.61 Å². The summed E-state index contributed by atoms with van der Waals surface area (Å²) in [5, 5.41) is 9.20. The van der Waals surface area contributed by atoms with Gasteiger partial charge in [-0.05, 0) is 53.1 Å². The molecule has 0 spiro atoms. The van der Waals surface area contributed by atoms with E-state index in [9.17, 15) is 5.11 Å². The van der Waals surface area contributed by atoms with Gasteiger partial charge in [0, 0.05) is 8.99 Å². The molecule has 0 aliphatic heterocycles. The monoisotopic (exact) mass is 274 g/mol. The molecule has 1 aliphatic rings. The highest BCUT2D eigenvalue weighted by atomic mass is 127. The van der Waals surface area contributed by atoms with Gasteiger partial charge in [0.15, 0.2) is 0 Å². The largest absolute Gasteiger partial charge is 0.395 e. The van der Waals surface area contributed by atoms with Crippen molar-refractivity contribution in [2.75, 3.05) is 6.61 Å². The summed E-state index contributed by atoms with van der Waals surface area (Å²) in [6, 6.07) is 8.43. The predicted molar refractivity (Wildman–Crippen MR) is 57.2 cm³/mol. The van der Waals surface area contributed by atoms with E-state index in [1.807, 2.05) is 0 Å². The lowest BCUT2D eigenvalue weighted by atomic mass is 9.97. The van der Waals surface area contributed by atoms with Crippen molar-refractivity contribution in [1.82, 2.24) is 0 Å². The Hall–Kier alpha value is -0.0900. The molecule has 0 radical (unpaired) electrons. The fraction of sp³-hybridized carbons (Fsp3) is 0.400. The summed E-state index contributed by atoms with van der Waals surface area (Å²) < 4.78 is 1.25. The summed E-state index contributed by atoms with van der Waals surface area (Å²) in [5.41, 5.74) is 1.43. The van der Waals surface area contributed by atoms with Crippen LogP contribution in [0.4, 0.5) is 0 Å². The first-order chi connectivity index (χ1) is 5.77. The summed E-state index contributed by atoms with van der Waals surface area (Å²) in [4.78, 5) is 0. The Balaban J connectivity index is 2.34. The van der Waals surface area contributed by atoms with Crippen molar-refractivity contribution in [2.45, 2.75) is 18.3 Å². The average Bonchev–Trinajstić information content (AvgIpc) is 2.84. The Morgan fingerprint density at radius 3 is 2.67 bits per heavy atom. The van der Waals surface area contributed by atoms with Crippen molar-refractivity contribution in [3.63, 3.8) is 0 Å². The summed E-state index contributed by atoms with van der Waals surface area (Å²) in [6.45, 7) is 0.299. The SMILES string of the molecule is OCC1(c2cccc(I)c2)CC1. The van der Waals surface area contributed by atoms with E-state index in [4.69, 9.17) is 0 Å². The molecule has 1 aromatic carbocycles. The van der Waals surface area contributed by atoms with E-state index < -0.39 is 0 Å². The minimum absolute atomic E-state index is 0.126. The maximum atomic E-state index is 9.20. The lowest BCUT2D eigenvalue weighted by molar-refractivity contribution is 0.255. The summed E-state index contributed by atoms with van der Waals surface area (Å²) >= 11 is 2.31. The molecule has 0 bridgehead atoms. The molecular weight excluding hydrogens is 263 g/mol. The van der Waals surface area contributed by atoms with Gasteiger partial charge in [-0.3, -0.25) is 0 Å². The summed E-state index contributed by atoms with van der Waals surface area (Å²) in [5.74, 6) is 0. The highest BCUT2D eigenvalue weighted by Crippen LogP contribution is 2.47. The summed E-state index contributed by atoms with van der Waals surface area (Å²) in [6.07, 6.45) is 2.28. The van der Waals surface area contributed by atoms with Gasteiger partial charge in [0.2, 0.25) is 0 Å². The van der Waals surface area contributed by atoms with Crippen LogP contribution in [0.3, 0.4) is 0 Å². The minimum Gasteiger partial charge on any atom is -0.395 e. The number of aliphatic hydroxyl groups is 1. The summed E-state index contributed by atoms with van der Waals surface area (Å²) in [7, 11) is 0. The van der Waals surface area contributed by atoms with Gasteiger partial charge >= 0.3 is 0 Å². The molecule has 1 aliphatic carbocycles. The molecule has 0 heterocycles. The van der Waals surface area contributed by atoms with Crippen LogP contribution in [0.25, 0.3) is 0 Å². The van der Waals surface area contributed by atoms with Crippen molar-refractivity contribution < 1.29 is 5.11 Å². The van der Waals surface area contributed by atoms with Crippen LogP contribution in [0.1, 0.15) is 18.4 Å². The first-order valence-electron chi connectivity index (χ1n) is 4.14.